The van der Waals surface area contributed by atoms with Crippen molar-refractivity contribution in [2.75, 3.05) is 0 Å². The maximum Gasteiger partial charge on any atom is 0.333 e. The Hall–Kier alpha value is -1.65. The third kappa shape index (κ3) is 2.32. The number of cyclic esters (lactones) is 1. The van der Waals surface area contributed by atoms with Gasteiger partial charge in [-0.05, 0) is 73.0 Å². The Labute approximate surface area is 160 Å². The second-order valence-corrected chi connectivity index (χ2v) is 9.42. The fraction of sp³-hybridized carbons (Fsp3) is 0.609. The first-order chi connectivity index (χ1) is 12.8. The molecule has 5 aliphatic rings. The van der Waals surface area contributed by atoms with Gasteiger partial charge in [0.15, 0.2) is 0 Å². The van der Waals surface area contributed by atoms with E-state index in [-0.39, 0.29) is 16.9 Å². The van der Waals surface area contributed by atoms with Crippen LogP contribution in [0.25, 0.3) is 0 Å². The number of allylic oxidation sites excluding steroid dienone is 5. The van der Waals surface area contributed by atoms with Crippen LogP contribution in [0, 0.1) is 16.7 Å². The van der Waals surface area contributed by atoms with E-state index in [4.69, 9.17) is 4.74 Å². The molecule has 0 aromatic rings. The summed E-state index contributed by atoms with van der Waals surface area (Å²) >= 11 is 0. The Balaban J connectivity index is 1.52. The molecule has 0 aromatic heterocycles. The molecule has 1 aliphatic heterocycles. The first-order valence-electron chi connectivity index (χ1n) is 10.3. The molecule has 0 radical (unpaired) electrons. The molecule has 4 heteroatoms. The van der Waals surface area contributed by atoms with Crippen LogP contribution in [-0.2, 0) is 9.53 Å². The van der Waals surface area contributed by atoms with Crippen molar-refractivity contribution in [1.82, 2.24) is 0 Å². The van der Waals surface area contributed by atoms with Crippen LogP contribution in [0.5, 0.6) is 0 Å². The molecule has 2 N–H and O–H groups in total. The van der Waals surface area contributed by atoms with E-state index in [0.717, 1.165) is 50.5 Å². The third-order valence-corrected chi connectivity index (χ3v) is 8.13. The second kappa shape index (κ2) is 5.68. The number of carbonyl (C=O) groups excluding carboxylic acids is 1. The summed E-state index contributed by atoms with van der Waals surface area (Å²) in [4.78, 5) is 11.6. The fourth-order valence-electron chi connectivity index (χ4n) is 6.55. The highest BCUT2D eigenvalue weighted by atomic mass is 16.6. The molecule has 1 fully saturated rings. The van der Waals surface area contributed by atoms with Gasteiger partial charge in [0.05, 0.1) is 6.10 Å². The van der Waals surface area contributed by atoms with E-state index in [1.54, 1.807) is 5.57 Å². The van der Waals surface area contributed by atoms with Gasteiger partial charge >= 0.3 is 5.97 Å². The lowest BCUT2D eigenvalue weighted by Crippen LogP contribution is -2.43. The molecule has 27 heavy (non-hydrogen) atoms. The Morgan fingerprint density at radius 1 is 1.07 bits per heavy atom. The number of aliphatic hydroxyl groups excluding tert-OH is 2. The van der Waals surface area contributed by atoms with E-state index < -0.39 is 12.3 Å². The van der Waals surface area contributed by atoms with Crippen molar-refractivity contribution >= 4 is 5.97 Å². The molecule has 0 aromatic carbocycles. The lowest BCUT2D eigenvalue weighted by molar-refractivity contribution is -0.151. The van der Waals surface area contributed by atoms with Crippen LogP contribution in [0.1, 0.15) is 58.8 Å². The van der Waals surface area contributed by atoms with Gasteiger partial charge < -0.3 is 14.9 Å². The SMILES string of the molecule is C[C@]12CCC3=C(CC[C@@H]4C[C@@H](O)CC[C@]34C)C1=CC=C2C1=CC(=O)O[C@@H]1O. The van der Waals surface area contributed by atoms with Crippen LogP contribution in [0.3, 0.4) is 0 Å². The van der Waals surface area contributed by atoms with Crippen molar-refractivity contribution < 1.29 is 19.7 Å². The summed E-state index contributed by atoms with van der Waals surface area (Å²) in [5.41, 5.74) is 6.20. The molecule has 1 heterocycles. The van der Waals surface area contributed by atoms with Crippen LogP contribution >= 0.6 is 0 Å². The van der Waals surface area contributed by atoms with E-state index in [2.05, 4.69) is 26.0 Å². The first kappa shape index (κ1) is 17.4. The molecule has 0 saturated heterocycles. The van der Waals surface area contributed by atoms with Crippen molar-refractivity contribution in [2.24, 2.45) is 16.7 Å². The van der Waals surface area contributed by atoms with Gasteiger partial charge in [0.1, 0.15) is 0 Å². The minimum atomic E-state index is -1.14. The average molecular weight is 368 g/mol. The fourth-order valence-corrected chi connectivity index (χ4v) is 6.55. The number of esters is 1. The molecule has 1 saturated carbocycles. The van der Waals surface area contributed by atoms with E-state index in [1.807, 2.05) is 0 Å². The summed E-state index contributed by atoms with van der Waals surface area (Å²) in [6, 6.07) is 0. The molecule has 4 nitrogen and oxygen atoms in total. The molecule has 0 spiro atoms. The van der Waals surface area contributed by atoms with Gasteiger partial charge in [-0.15, -0.1) is 0 Å². The van der Waals surface area contributed by atoms with Crippen molar-refractivity contribution in [3.63, 3.8) is 0 Å². The van der Waals surface area contributed by atoms with E-state index in [9.17, 15) is 15.0 Å². The largest absolute Gasteiger partial charge is 0.428 e. The predicted molar refractivity (Wildman–Crippen MR) is 101 cm³/mol. The molecule has 144 valence electrons. The van der Waals surface area contributed by atoms with Crippen molar-refractivity contribution in [3.05, 3.63) is 46.1 Å². The molecule has 0 bridgehead atoms. The molecule has 0 amide bonds. The summed E-state index contributed by atoms with van der Waals surface area (Å²) in [5, 5.41) is 20.3. The van der Waals surface area contributed by atoms with Gasteiger partial charge in [0, 0.05) is 17.1 Å². The minimum absolute atomic E-state index is 0.133. The standard InChI is InChI=1S/C23H28O4/c1-22-9-7-14(24)11-13(22)3-4-15-17-5-6-18(16-12-20(25)27-21(16)26)23(17,2)10-8-19(15)22/h5-6,12-14,21,24,26H,3-4,7-11H2,1-2H3/t13-,14+,21+,22+,23+/m1/s1. The number of ether oxygens (including phenoxy) is 1. The summed E-state index contributed by atoms with van der Waals surface area (Å²) in [7, 11) is 0. The zero-order valence-corrected chi connectivity index (χ0v) is 16.1. The van der Waals surface area contributed by atoms with Crippen molar-refractivity contribution in [3.8, 4) is 0 Å². The third-order valence-electron chi connectivity index (χ3n) is 8.13. The van der Waals surface area contributed by atoms with E-state index in [0.29, 0.717) is 11.5 Å². The van der Waals surface area contributed by atoms with Crippen LogP contribution in [-0.4, -0.2) is 28.6 Å². The van der Waals surface area contributed by atoms with Crippen molar-refractivity contribution in [2.45, 2.75) is 71.2 Å². The lowest BCUT2D eigenvalue weighted by Gasteiger charge is -2.53. The molecule has 4 aliphatic carbocycles. The Kier molecular flexibility index (Phi) is 3.67. The Morgan fingerprint density at radius 3 is 2.59 bits per heavy atom. The second-order valence-electron chi connectivity index (χ2n) is 9.42. The smallest absolute Gasteiger partial charge is 0.333 e. The van der Waals surface area contributed by atoms with Gasteiger partial charge in [-0.3, -0.25) is 0 Å². The van der Waals surface area contributed by atoms with Crippen LogP contribution < -0.4 is 0 Å². The molecule has 5 rings (SSSR count). The van der Waals surface area contributed by atoms with Gasteiger partial charge in [0.25, 0.3) is 0 Å². The predicted octanol–water partition coefficient (Wildman–Crippen LogP) is 3.71. The minimum Gasteiger partial charge on any atom is -0.428 e. The van der Waals surface area contributed by atoms with Crippen LogP contribution in [0.15, 0.2) is 46.1 Å². The van der Waals surface area contributed by atoms with Crippen LogP contribution in [0.4, 0.5) is 0 Å². The number of fused-ring (bicyclic) bond motifs is 4. The highest BCUT2D eigenvalue weighted by Crippen LogP contribution is 2.63. The Bertz CT molecular complexity index is 844. The summed E-state index contributed by atoms with van der Waals surface area (Å²) in [6.07, 6.45) is 11.6. The monoisotopic (exact) mass is 368 g/mol. The summed E-state index contributed by atoms with van der Waals surface area (Å²) < 4.78 is 4.94. The molecular weight excluding hydrogens is 340 g/mol. The summed E-state index contributed by atoms with van der Waals surface area (Å²) in [6.45, 7) is 4.66. The van der Waals surface area contributed by atoms with Gasteiger partial charge in [-0.2, -0.15) is 0 Å². The molecule has 5 atom stereocenters. The molecular formula is C23H28O4. The number of carbonyl (C=O) groups is 1. The quantitative estimate of drug-likeness (QED) is 0.693. The first-order valence-corrected chi connectivity index (χ1v) is 10.3. The average Bonchev–Trinajstić information content (AvgIpc) is 3.13. The van der Waals surface area contributed by atoms with E-state index in [1.165, 1.54) is 17.2 Å². The normalized spacial score (nSPS) is 43.3. The van der Waals surface area contributed by atoms with Crippen molar-refractivity contribution in [1.29, 1.82) is 0 Å². The summed E-state index contributed by atoms with van der Waals surface area (Å²) in [5.74, 6) is 0.129. The number of rotatable bonds is 1. The van der Waals surface area contributed by atoms with E-state index >= 15 is 0 Å². The highest BCUT2D eigenvalue weighted by Gasteiger charge is 2.51. The van der Waals surface area contributed by atoms with Gasteiger partial charge in [-0.1, -0.05) is 31.6 Å². The van der Waals surface area contributed by atoms with Gasteiger partial charge in [0.2, 0.25) is 6.29 Å². The maximum absolute atomic E-state index is 11.6. The highest BCUT2D eigenvalue weighted by molar-refractivity contribution is 5.87. The maximum atomic E-state index is 11.6. The van der Waals surface area contributed by atoms with Crippen LogP contribution in [0.2, 0.25) is 0 Å². The number of hydrogen-bond donors (Lipinski definition) is 2. The zero-order valence-electron chi connectivity index (χ0n) is 16.1. The number of aliphatic hydroxyl groups is 2. The zero-order chi connectivity index (χ0) is 19.0. The lowest BCUT2D eigenvalue weighted by atomic mass is 9.52. The number of hydrogen-bond acceptors (Lipinski definition) is 4. The molecule has 0 unspecified atom stereocenters. The topological polar surface area (TPSA) is 66.8 Å². The Morgan fingerprint density at radius 2 is 1.85 bits per heavy atom. The van der Waals surface area contributed by atoms with Gasteiger partial charge in [-0.25, -0.2) is 4.79 Å².